The number of carbonyl (C=O) groups excluding carboxylic acids is 1. The maximum Gasteiger partial charge on any atom is 0.343 e. The molecule has 3 nitrogen and oxygen atoms in total. The summed E-state index contributed by atoms with van der Waals surface area (Å²) in [5.41, 5.74) is 1.76. The van der Waals surface area contributed by atoms with E-state index in [-0.39, 0.29) is 11.4 Å². The van der Waals surface area contributed by atoms with Crippen molar-refractivity contribution in [1.82, 2.24) is 0 Å². The molecule has 0 aliphatic carbocycles. The Morgan fingerprint density at radius 3 is 2.50 bits per heavy atom. The van der Waals surface area contributed by atoms with Gasteiger partial charge in [0.15, 0.2) is 0 Å². The van der Waals surface area contributed by atoms with Crippen LogP contribution in [0.25, 0.3) is 0 Å². The normalized spacial score (nSPS) is 17.9. The number of rotatable bonds is 3. The van der Waals surface area contributed by atoms with Crippen LogP contribution < -0.4 is 4.74 Å². The van der Waals surface area contributed by atoms with Crippen molar-refractivity contribution in [2.75, 3.05) is 12.4 Å². The molecular weight excluding hydrogens is 272 g/mol. The summed E-state index contributed by atoms with van der Waals surface area (Å²) in [4.78, 5) is 11.9. The number of benzene rings is 2. The van der Waals surface area contributed by atoms with E-state index in [1.807, 2.05) is 30.3 Å². The molecule has 4 heteroatoms. The first-order valence-electron chi connectivity index (χ1n) is 6.43. The minimum atomic E-state index is -0.343. The third-order valence-electron chi connectivity index (χ3n) is 2.99. The Kier molecular flexibility index (Phi) is 4.04. The van der Waals surface area contributed by atoms with Gasteiger partial charge >= 0.3 is 5.97 Å². The molecule has 0 N–H and O–H groups in total. The molecule has 3 rings (SSSR count). The van der Waals surface area contributed by atoms with Gasteiger partial charge in [-0.25, -0.2) is 4.79 Å². The summed E-state index contributed by atoms with van der Waals surface area (Å²) in [6.45, 7) is 0.792. The van der Waals surface area contributed by atoms with Gasteiger partial charge in [-0.05, 0) is 29.8 Å². The van der Waals surface area contributed by atoms with E-state index in [0.29, 0.717) is 11.3 Å². The lowest BCUT2D eigenvalue weighted by Gasteiger charge is -2.10. The molecule has 0 radical (unpaired) electrons. The fourth-order valence-electron chi connectivity index (χ4n) is 1.98. The largest absolute Gasteiger partial charge is 0.423 e. The van der Waals surface area contributed by atoms with Crippen LogP contribution in [0.4, 0.5) is 0 Å². The van der Waals surface area contributed by atoms with E-state index >= 15 is 0 Å². The lowest BCUT2D eigenvalue weighted by molar-refractivity contribution is 0.0734. The minimum Gasteiger partial charge on any atom is -0.423 e. The Hall–Kier alpha value is -1.78. The SMILES string of the molecule is O=C(Oc1ccc(C2OCCS2)cc1)c1ccccc1. The highest BCUT2D eigenvalue weighted by atomic mass is 32.2. The van der Waals surface area contributed by atoms with Crippen LogP contribution in [0.15, 0.2) is 54.6 Å². The molecule has 20 heavy (non-hydrogen) atoms. The van der Waals surface area contributed by atoms with Crippen LogP contribution in [-0.4, -0.2) is 18.3 Å². The number of carbonyl (C=O) groups is 1. The highest BCUT2D eigenvalue weighted by molar-refractivity contribution is 7.99. The summed E-state index contributed by atoms with van der Waals surface area (Å²) >= 11 is 1.78. The average Bonchev–Trinajstić information content (AvgIpc) is 3.03. The van der Waals surface area contributed by atoms with E-state index in [9.17, 15) is 4.79 Å². The maximum atomic E-state index is 11.9. The zero-order valence-electron chi connectivity index (χ0n) is 10.8. The van der Waals surface area contributed by atoms with Crippen molar-refractivity contribution in [1.29, 1.82) is 0 Å². The molecule has 0 amide bonds. The molecule has 0 saturated carbocycles. The van der Waals surface area contributed by atoms with Crippen LogP contribution in [0.2, 0.25) is 0 Å². The molecule has 0 spiro atoms. The van der Waals surface area contributed by atoms with E-state index in [4.69, 9.17) is 9.47 Å². The van der Waals surface area contributed by atoms with Crippen molar-refractivity contribution in [2.45, 2.75) is 5.44 Å². The van der Waals surface area contributed by atoms with Gasteiger partial charge in [-0.15, -0.1) is 11.8 Å². The van der Waals surface area contributed by atoms with E-state index in [1.54, 1.807) is 36.0 Å². The molecule has 1 heterocycles. The van der Waals surface area contributed by atoms with Gasteiger partial charge in [0.1, 0.15) is 11.2 Å². The summed E-state index contributed by atoms with van der Waals surface area (Å²) in [6, 6.07) is 16.5. The Bertz CT molecular complexity index is 574. The summed E-state index contributed by atoms with van der Waals surface area (Å²) in [5.74, 6) is 1.23. The molecule has 1 fully saturated rings. The van der Waals surface area contributed by atoms with E-state index < -0.39 is 0 Å². The summed E-state index contributed by atoms with van der Waals surface area (Å²) in [5, 5.41) is 0. The summed E-state index contributed by atoms with van der Waals surface area (Å²) < 4.78 is 10.9. The molecule has 2 aromatic carbocycles. The van der Waals surface area contributed by atoms with Crippen LogP contribution in [0.5, 0.6) is 5.75 Å². The van der Waals surface area contributed by atoms with Gasteiger partial charge in [-0.1, -0.05) is 30.3 Å². The quantitative estimate of drug-likeness (QED) is 0.637. The molecule has 1 atom stereocenters. The summed E-state index contributed by atoms with van der Waals surface area (Å²) in [6.07, 6.45) is 0. The van der Waals surface area contributed by atoms with Crippen LogP contribution >= 0.6 is 11.8 Å². The molecule has 1 aliphatic heterocycles. The Labute approximate surface area is 121 Å². The second-order valence-electron chi connectivity index (χ2n) is 4.40. The highest BCUT2D eigenvalue weighted by Gasteiger charge is 2.18. The molecule has 0 aromatic heterocycles. The second-order valence-corrected chi connectivity index (χ2v) is 5.57. The van der Waals surface area contributed by atoms with Crippen molar-refractivity contribution in [2.24, 2.45) is 0 Å². The van der Waals surface area contributed by atoms with Crippen molar-refractivity contribution in [3.8, 4) is 5.75 Å². The van der Waals surface area contributed by atoms with Gasteiger partial charge in [-0.2, -0.15) is 0 Å². The molecule has 2 aromatic rings. The number of hydrogen-bond acceptors (Lipinski definition) is 4. The lowest BCUT2D eigenvalue weighted by atomic mass is 10.2. The van der Waals surface area contributed by atoms with E-state index in [1.165, 1.54) is 0 Å². The highest BCUT2D eigenvalue weighted by Crippen LogP contribution is 2.35. The van der Waals surface area contributed by atoms with Gasteiger partial charge in [0.25, 0.3) is 0 Å². The zero-order chi connectivity index (χ0) is 13.8. The van der Waals surface area contributed by atoms with Crippen molar-refractivity contribution < 1.29 is 14.3 Å². The average molecular weight is 286 g/mol. The Morgan fingerprint density at radius 1 is 1.10 bits per heavy atom. The van der Waals surface area contributed by atoms with Crippen LogP contribution in [0, 0.1) is 0 Å². The number of thioether (sulfide) groups is 1. The third-order valence-corrected chi connectivity index (χ3v) is 4.11. The molecule has 1 unspecified atom stereocenters. The van der Waals surface area contributed by atoms with Gasteiger partial charge in [0.2, 0.25) is 0 Å². The third kappa shape index (κ3) is 3.03. The molecular formula is C16H14O3S. The van der Waals surface area contributed by atoms with E-state index in [0.717, 1.165) is 17.9 Å². The first-order chi connectivity index (χ1) is 9.83. The van der Waals surface area contributed by atoms with Crippen LogP contribution in [-0.2, 0) is 4.74 Å². The maximum absolute atomic E-state index is 11.9. The van der Waals surface area contributed by atoms with Gasteiger partial charge in [0, 0.05) is 5.75 Å². The number of hydrogen-bond donors (Lipinski definition) is 0. The van der Waals surface area contributed by atoms with Crippen molar-refractivity contribution >= 4 is 17.7 Å². The Balaban J connectivity index is 1.67. The predicted octanol–water partition coefficient (Wildman–Crippen LogP) is 3.67. The first-order valence-corrected chi connectivity index (χ1v) is 7.48. The van der Waals surface area contributed by atoms with Crippen LogP contribution in [0.3, 0.4) is 0 Å². The lowest BCUT2D eigenvalue weighted by Crippen LogP contribution is -2.08. The van der Waals surface area contributed by atoms with Gasteiger partial charge in [-0.3, -0.25) is 0 Å². The van der Waals surface area contributed by atoms with Crippen molar-refractivity contribution in [3.63, 3.8) is 0 Å². The molecule has 0 bridgehead atoms. The predicted molar refractivity (Wildman–Crippen MR) is 79.0 cm³/mol. The minimum absolute atomic E-state index is 0.105. The smallest absolute Gasteiger partial charge is 0.343 e. The van der Waals surface area contributed by atoms with Crippen molar-refractivity contribution in [3.05, 3.63) is 65.7 Å². The standard InChI is InChI=1S/C16H14O3S/c17-15(12-4-2-1-3-5-12)19-14-8-6-13(7-9-14)16-18-10-11-20-16/h1-9,16H,10-11H2. The second kappa shape index (κ2) is 6.11. The molecule has 1 aliphatic rings. The molecule has 102 valence electrons. The first kappa shape index (κ1) is 13.2. The van der Waals surface area contributed by atoms with E-state index in [2.05, 4.69) is 0 Å². The Morgan fingerprint density at radius 2 is 1.85 bits per heavy atom. The fraction of sp³-hybridized carbons (Fsp3) is 0.188. The summed E-state index contributed by atoms with van der Waals surface area (Å²) in [7, 11) is 0. The van der Waals surface area contributed by atoms with Gasteiger partial charge < -0.3 is 9.47 Å². The monoisotopic (exact) mass is 286 g/mol. The van der Waals surface area contributed by atoms with Gasteiger partial charge in [0.05, 0.1) is 12.2 Å². The number of esters is 1. The van der Waals surface area contributed by atoms with Crippen LogP contribution in [0.1, 0.15) is 21.4 Å². The zero-order valence-corrected chi connectivity index (χ0v) is 11.6. The number of ether oxygens (including phenoxy) is 2. The molecule has 1 saturated heterocycles. The topological polar surface area (TPSA) is 35.5 Å². The fourth-order valence-corrected chi connectivity index (χ4v) is 2.93.